The van der Waals surface area contributed by atoms with E-state index in [9.17, 15) is 30.4 Å². The Hall–Kier alpha value is -0.440. The first-order chi connectivity index (χ1) is 5.46. The van der Waals surface area contributed by atoms with Crippen molar-refractivity contribution in [3.63, 3.8) is 0 Å². The van der Waals surface area contributed by atoms with Gasteiger partial charge in [0.15, 0.2) is 0 Å². The van der Waals surface area contributed by atoms with Crippen LogP contribution >= 0.6 is 0 Å². The fraction of sp³-hybridized carbons (Fsp3) is 1.00. The third-order valence-corrected chi connectivity index (χ3v) is 2.01. The van der Waals surface area contributed by atoms with E-state index in [1.807, 2.05) is 0 Å². The second-order valence-electron chi connectivity index (χ2n) is 2.34. The molecule has 0 amide bonds. The van der Waals surface area contributed by atoms with Gasteiger partial charge in [0.25, 0.3) is 5.92 Å². The molecule has 0 aliphatic heterocycles. The maximum atomic E-state index is 11.9. The van der Waals surface area contributed by atoms with Crippen LogP contribution in [-0.2, 0) is 10.0 Å². The molecule has 9 heteroatoms. The lowest BCUT2D eigenvalue weighted by Gasteiger charge is -2.13. The van der Waals surface area contributed by atoms with Gasteiger partial charge in [-0.1, -0.05) is 0 Å². The van der Waals surface area contributed by atoms with Gasteiger partial charge in [-0.15, -0.1) is 0 Å². The van der Waals surface area contributed by atoms with E-state index in [0.29, 0.717) is 6.92 Å². The van der Waals surface area contributed by atoms with Gasteiger partial charge in [-0.2, -0.15) is 13.2 Å². The quantitative estimate of drug-likeness (QED) is 0.733. The van der Waals surface area contributed by atoms with Crippen molar-refractivity contribution >= 4 is 10.0 Å². The fourth-order valence-corrected chi connectivity index (χ4v) is 0.911. The predicted octanol–water partition coefficient (Wildman–Crippen LogP) is 1.08. The van der Waals surface area contributed by atoms with E-state index in [-0.39, 0.29) is 0 Å². The molecular formula is C4H6F5NO2S. The van der Waals surface area contributed by atoms with Gasteiger partial charge in [0, 0.05) is 6.92 Å². The lowest BCUT2D eigenvalue weighted by atomic mass is 10.4. The molecule has 0 aromatic rings. The average Bonchev–Trinajstić information content (AvgIpc) is 1.79. The van der Waals surface area contributed by atoms with Crippen molar-refractivity contribution in [2.24, 2.45) is 0 Å². The fourth-order valence-electron chi connectivity index (χ4n) is 0.304. The summed E-state index contributed by atoms with van der Waals surface area (Å²) in [5, 5.41) is 0. The highest BCUT2D eigenvalue weighted by Crippen LogP contribution is 2.22. The second kappa shape index (κ2) is 3.37. The number of hydrogen-bond acceptors (Lipinski definition) is 2. The van der Waals surface area contributed by atoms with Crippen LogP contribution in [0.3, 0.4) is 0 Å². The zero-order valence-corrected chi connectivity index (χ0v) is 7.14. The maximum Gasteiger partial charge on any atom is 0.511 e. The Kier molecular flexibility index (Phi) is 3.26. The normalized spacial score (nSPS) is 14.6. The summed E-state index contributed by atoms with van der Waals surface area (Å²) in [7, 11) is -5.66. The van der Waals surface area contributed by atoms with Crippen LogP contribution in [0.1, 0.15) is 6.92 Å². The molecule has 0 unspecified atom stereocenters. The average molecular weight is 227 g/mol. The van der Waals surface area contributed by atoms with Crippen molar-refractivity contribution in [2.45, 2.75) is 18.4 Å². The Morgan fingerprint density at radius 1 is 1.15 bits per heavy atom. The highest BCUT2D eigenvalue weighted by molar-refractivity contribution is 7.90. The molecule has 0 rings (SSSR count). The summed E-state index contributed by atoms with van der Waals surface area (Å²) < 4.78 is 79.4. The first-order valence-corrected chi connectivity index (χ1v) is 4.38. The van der Waals surface area contributed by atoms with Crippen molar-refractivity contribution < 1.29 is 30.4 Å². The van der Waals surface area contributed by atoms with E-state index in [1.54, 1.807) is 0 Å². The Morgan fingerprint density at radius 3 is 1.77 bits per heavy atom. The van der Waals surface area contributed by atoms with Crippen molar-refractivity contribution in [2.75, 3.05) is 6.54 Å². The largest absolute Gasteiger partial charge is 0.511 e. The molecule has 3 nitrogen and oxygen atoms in total. The summed E-state index contributed by atoms with van der Waals surface area (Å²) in [5.74, 6) is -3.52. The second-order valence-corrected chi connectivity index (χ2v) is 4.10. The highest BCUT2D eigenvalue weighted by Gasteiger charge is 2.46. The van der Waals surface area contributed by atoms with Crippen molar-refractivity contribution in [1.29, 1.82) is 0 Å². The summed E-state index contributed by atoms with van der Waals surface area (Å²) in [6.45, 7) is -1.28. The van der Waals surface area contributed by atoms with Gasteiger partial charge < -0.3 is 0 Å². The molecule has 0 aliphatic carbocycles. The topological polar surface area (TPSA) is 46.2 Å². The van der Waals surface area contributed by atoms with Crippen molar-refractivity contribution in [3.05, 3.63) is 0 Å². The molecule has 1 N–H and O–H groups in total. The molecule has 13 heavy (non-hydrogen) atoms. The van der Waals surface area contributed by atoms with Gasteiger partial charge in [-0.05, 0) is 0 Å². The summed E-state index contributed by atoms with van der Waals surface area (Å²) in [6.07, 6.45) is 0. The predicted molar refractivity (Wildman–Crippen MR) is 33.6 cm³/mol. The minimum Gasteiger partial charge on any atom is -0.206 e. The molecule has 0 aliphatic rings. The minimum absolute atomic E-state index is 0.298. The van der Waals surface area contributed by atoms with E-state index in [4.69, 9.17) is 0 Å². The van der Waals surface area contributed by atoms with Crippen LogP contribution in [0.15, 0.2) is 0 Å². The Bertz CT molecular complexity index is 263. The van der Waals surface area contributed by atoms with E-state index >= 15 is 0 Å². The third kappa shape index (κ3) is 4.36. The maximum absolute atomic E-state index is 11.9. The molecular weight excluding hydrogens is 221 g/mol. The Morgan fingerprint density at radius 2 is 1.54 bits per heavy atom. The lowest BCUT2D eigenvalue weighted by molar-refractivity contribution is -0.0459. The molecule has 0 bridgehead atoms. The number of rotatable bonds is 3. The molecule has 0 fully saturated rings. The van der Waals surface area contributed by atoms with E-state index < -0.39 is 28.0 Å². The summed E-state index contributed by atoms with van der Waals surface area (Å²) in [6, 6.07) is 0. The van der Waals surface area contributed by atoms with E-state index in [2.05, 4.69) is 0 Å². The number of alkyl halides is 5. The van der Waals surface area contributed by atoms with Gasteiger partial charge in [0.2, 0.25) is 0 Å². The summed E-state index contributed by atoms with van der Waals surface area (Å²) >= 11 is 0. The van der Waals surface area contributed by atoms with Gasteiger partial charge in [0.05, 0.1) is 6.54 Å². The number of nitrogens with one attached hydrogen (secondary N) is 1. The van der Waals surface area contributed by atoms with Crippen LogP contribution in [0.4, 0.5) is 22.0 Å². The van der Waals surface area contributed by atoms with Crippen LogP contribution in [0, 0.1) is 0 Å². The van der Waals surface area contributed by atoms with Gasteiger partial charge in [0.1, 0.15) is 0 Å². The van der Waals surface area contributed by atoms with Crippen LogP contribution in [0.2, 0.25) is 0 Å². The Balaban J connectivity index is 4.40. The SMILES string of the molecule is CC(F)(F)CNS(=O)(=O)C(F)(F)F. The van der Waals surface area contributed by atoms with Gasteiger partial charge >= 0.3 is 15.5 Å². The molecule has 0 spiro atoms. The minimum atomic E-state index is -5.66. The van der Waals surface area contributed by atoms with Crippen molar-refractivity contribution in [3.8, 4) is 0 Å². The monoisotopic (exact) mass is 227 g/mol. The van der Waals surface area contributed by atoms with E-state index in [0.717, 1.165) is 4.72 Å². The zero-order chi connectivity index (χ0) is 10.9. The zero-order valence-electron chi connectivity index (χ0n) is 6.32. The molecule has 0 aromatic heterocycles. The molecule has 80 valence electrons. The standard InChI is InChI=1S/C4H6F5NO2S/c1-3(5,6)2-10-13(11,12)4(7,8)9/h10H,2H2,1H3. The molecule has 0 radical (unpaired) electrons. The number of sulfonamides is 1. The lowest BCUT2D eigenvalue weighted by Crippen LogP contribution is -2.41. The molecule has 0 saturated carbocycles. The molecule has 0 aromatic carbocycles. The number of hydrogen-bond donors (Lipinski definition) is 1. The van der Waals surface area contributed by atoms with Crippen LogP contribution < -0.4 is 4.72 Å². The molecule has 0 atom stereocenters. The highest BCUT2D eigenvalue weighted by atomic mass is 32.2. The third-order valence-electron chi connectivity index (χ3n) is 0.877. The molecule has 0 heterocycles. The van der Waals surface area contributed by atoms with E-state index in [1.165, 1.54) is 0 Å². The van der Waals surface area contributed by atoms with Crippen LogP contribution in [0.5, 0.6) is 0 Å². The van der Waals surface area contributed by atoms with Crippen molar-refractivity contribution in [1.82, 2.24) is 4.72 Å². The van der Waals surface area contributed by atoms with Crippen LogP contribution in [-0.4, -0.2) is 26.4 Å². The summed E-state index contributed by atoms with van der Waals surface area (Å²) in [5.41, 5.74) is -5.56. The first-order valence-electron chi connectivity index (χ1n) is 2.89. The van der Waals surface area contributed by atoms with Gasteiger partial charge in [-0.3, -0.25) is 0 Å². The van der Waals surface area contributed by atoms with Gasteiger partial charge in [-0.25, -0.2) is 21.9 Å². The number of halogens is 5. The Labute approximate surface area is 71.0 Å². The van der Waals surface area contributed by atoms with Crippen LogP contribution in [0.25, 0.3) is 0 Å². The first kappa shape index (κ1) is 12.6. The summed E-state index contributed by atoms with van der Waals surface area (Å²) in [4.78, 5) is 0. The molecule has 0 saturated heterocycles. The smallest absolute Gasteiger partial charge is 0.206 e.